The van der Waals surface area contributed by atoms with Crippen molar-refractivity contribution in [3.8, 4) is 0 Å². The maximum Gasteiger partial charge on any atom is 0.216 e. The van der Waals surface area contributed by atoms with Crippen LogP contribution in [0.15, 0.2) is 4.99 Å². The zero-order valence-electron chi connectivity index (χ0n) is 18.7. The third kappa shape index (κ3) is 6.78. The third-order valence-electron chi connectivity index (χ3n) is 5.88. The number of likely N-dealkylation sites (N-methyl/N-ethyl adjacent to an activating group) is 1. The van der Waals surface area contributed by atoms with E-state index in [0.29, 0.717) is 26.2 Å². The molecular formula is C19H39N5O4S. The van der Waals surface area contributed by atoms with Gasteiger partial charge in [0.2, 0.25) is 10.0 Å². The highest BCUT2D eigenvalue weighted by Crippen LogP contribution is 2.25. The fraction of sp³-hybridized carbons (Fsp3) is 0.947. The topological polar surface area (TPSA) is 86.7 Å². The Bertz CT molecular complexity index is 625. The van der Waals surface area contributed by atoms with Crippen LogP contribution in [0.1, 0.15) is 26.7 Å². The van der Waals surface area contributed by atoms with Gasteiger partial charge in [-0.2, -0.15) is 4.31 Å². The first-order chi connectivity index (χ1) is 13.7. The number of hydrogen-bond acceptors (Lipinski definition) is 6. The van der Waals surface area contributed by atoms with E-state index in [2.05, 4.69) is 34.2 Å². The van der Waals surface area contributed by atoms with Crippen molar-refractivity contribution in [2.45, 2.75) is 38.3 Å². The maximum absolute atomic E-state index is 12.5. The lowest BCUT2D eigenvalue weighted by Gasteiger charge is -2.44. The van der Waals surface area contributed by atoms with Gasteiger partial charge in [0.15, 0.2) is 5.96 Å². The van der Waals surface area contributed by atoms with Crippen molar-refractivity contribution in [3.63, 3.8) is 0 Å². The Hall–Kier alpha value is -0.940. The zero-order valence-corrected chi connectivity index (χ0v) is 19.5. The molecule has 2 fully saturated rings. The number of nitrogens with one attached hydrogen (secondary N) is 1. The lowest BCUT2D eigenvalue weighted by atomic mass is 9.88. The highest BCUT2D eigenvalue weighted by Gasteiger charge is 2.35. The molecule has 1 N–H and O–H groups in total. The van der Waals surface area contributed by atoms with Crippen LogP contribution in [0.2, 0.25) is 0 Å². The summed E-state index contributed by atoms with van der Waals surface area (Å²) in [7, 11) is 2.72. The minimum Gasteiger partial charge on any atom is -0.381 e. The number of hydrogen-bond donors (Lipinski definition) is 1. The Labute approximate surface area is 176 Å². The minimum atomic E-state index is -3.28. The molecule has 0 unspecified atom stereocenters. The molecule has 0 spiro atoms. The molecule has 0 aromatic rings. The number of nitrogens with zero attached hydrogens (tertiary/aromatic N) is 4. The highest BCUT2D eigenvalue weighted by molar-refractivity contribution is 7.89. The molecule has 2 rings (SSSR count). The quantitative estimate of drug-likeness (QED) is 0.427. The van der Waals surface area contributed by atoms with Gasteiger partial charge in [-0.25, -0.2) is 8.42 Å². The van der Waals surface area contributed by atoms with Gasteiger partial charge in [0.1, 0.15) is 0 Å². The second-order valence-electron chi connectivity index (χ2n) is 8.25. The average molecular weight is 434 g/mol. The normalized spacial score (nSPS) is 21.8. The number of sulfonamides is 1. The predicted octanol–water partition coefficient (Wildman–Crippen LogP) is 0.0450. The van der Waals surface area contributed by atoms with E-state index in [1.165, 1.54) is 0 Å². The Balaban J connectivity index is 1.86. The predicted molar refractivity (Wildman–Crippen MR) is 116 cm³/mol. The summed E-state index contributed by atoms with van der Waals surface area (Å²) < 4.78 is 37.6. The average Bonchev–Trinajstić information content (AvgIpc) is 2.69. The fourth-order valence-electron chi connectivity index (χ4n) is 3.81. The van der Waals surface area contributed by atoms with E-state index in [1.807, 2.05) is 13.8 Å². The van der Waals surface area contributed by atoms with Crippen LogP contribution in [0, 0.1) is 0 Å². The number of guanidine groups is 1. The van der Waals surface area contributed by atoms with Crippen LogP contribution in [-0.4, -0.2) is 120 Å². The summed E-state index contributed by atoms with van der Waals surface area (Å²) >= 11 is 0. The smallest absolute Gasteiger partial charge is 0.216 e. The molecule has 0 amide bonds. The molecule has 29 heavy (non-hydrogen) atoms. The first-order valence-electron chi connectivity index (χ1n) is 10.5. The molecule has 2 aliphatic rings. The van der Waals surface area contributed by atoms with E-state index in [4.69, 9.17) is 9.47 Å². The second kappa shape index (κ2) is 10.9. The van der Waals surface area contributed by atoms with Crippen molar-refractivity contribution in [1.29, 1.82) is 0 Å². The molecule has 0 saturated carbocycles. The lowest BCUT2D eigenvalue weighted by molar-refractivity contribution is -0.00530. The summed E-state index contributed by atoms with van der Waals surface area (Å²) in [5.41, 5.74) is 0.0514. The van der Waals surface area contributed by atoms with E-state index in [9.17, 15) is 8.42 Å². The van der Waals surface area contributed by atoms with Gasteiger partial charge in [-0.1, -0.05) is 0 Å². The van der Waals surface area contributed by atoms with Crippen molar-refractivity contribution in [1.82, 2.24) is 19.4 Å². The molecule has 0 bridgehead atoms. The number of aliphatic imine (C=N–C) groups is 1. The highest BCUT2D eigenvalue weighted by atomic mass is 32.2. The van der Waals surface area contributed by atoms with Crippen LogP contribution in [-0.2, 0) is 19.5 Å². The van der Waals surface area contributed by atoms with Gasteiger partial charge in [0, 0.05) is 58.5 Å². The minimum absolute atomic E-state index is 0.0333. The van der Waals surface area contributed by atoms with Gasteiger partial charge >= 0.3 is 0 Å². The summed E-state index contributed by atoms with van der Waals surface area (Å²) in [6.45, 7) is 8.58. The summed E-state index contributed by atoms with van der Waals surface area (Å²) in [4.78, 5) is 8.85. The molecule has 170 valence electrons. The van der Waals surface area contributed by atoms with Crippen LogP contribution >= 0.6 is 0 Å². The molecule has 0 radical (unpaired) electrons. The third-order valence-corrected chi connectivity index (χ3v) is 7.72. The van der Waals surface area contributed by atoms with Crippen molar-refractivity contribution in [2.75, 3.05) is 79.4 Å². The molecule has 9 nitrogen and oxygen atoms in total. The Kier molecular flexibility index (Phi) is 9.15. The van der Waals surface area contributed by atoms with Crippen molar-refractivity contribution >= 4 is 16.0 Å². The van der Waals surface area contributed by atoms with E-state index >= 15 is 0 Å². The standard InChI is InChI=1S/C19H39N5O4S/c1-17(2)28-14-15-29(25,26)24-10-8-23(9-11-24)18(20-3)21-16-19(22(4)5)6-12-27-13-7-19/h17H,6-16H2,1-5H3,(H,20,21). The first kappa shape index (κ1) is 24.3. The molecule has 0 aliphatic carbocycles. The van der Waals surface area contributed by atoms with Crippen LogP contribution in [0.4, 0.5) is 0 Å². The summed E-state index contributed by atoms with van der Waals surface area (Å²) in [6, 6.07) is 0. The van der Waals surface area contributed by atoms with Crippen LogP contribution in [0.3, 0.4) is 0 Å². The van der Waals surface area contributed by atoms with Crippen LogP contribution < -0.4 is 5.32 Å². The number of ether oxygens (including phenoxy) is 2. The van der Waals surface area contributed by atoms with Gasteiger partial charge in [-0.05, 0) is 40.8 Å². The number of rotatable bonds is 8. The van der Waals surface area contributed by atoms with Crippen LogP contribution in [0.25, 0.3) is 0 Å². The van der Waals surface area contributed by atoms with Crippen LogP contribution in [0.5, 0.6) is 0 Å². The lowest BCUT2D eigenvalue weighted by Crippen LogP contribution is -2.59. The van der Waals surface area contributed by atoms with E-state index in [1.54, 1.807) is 11.4 Å². The molecular weight excluding hydrogens is 394 g/mol. The molecule has 2 heterocycles. The van der Waals surface area contributed by atoms with Gasteiger partial charge in [-0.3, -0.25) is 4.99 Å². The fourth-order valence-corrected chi connectivity index (χ4v) is 5.09. The molecule has 0 atom stereocenters. The van der Waals surface area contributed by atoms with Crippen molar-refractivity contribution < 1.29 is 17.9 Å². The summed E-state index contributed by atoms with van der Waals surface area (Å²) in [6.07, 6.45) is 2.00. The van der Waals surface area contributed by atoms with Gasteiger partial charge in [0.05, 0.1) is 18.5 Å². The molecule has 0 aromatic carbocycles. The van der Waals surface area contributed by atoms with Crippen molar-refractivity contribution in [3.05, 3.63) is 0 Å². The van der Waals surface area contributed by atoms with E-state index in [0.717, 1.165) is 38.6 Å². The SMILES string of the molecule is CN=C(NCC1(N(C)C)CCOCC1)N1CCN(S(=O)(=O)CCOC(C)C)CC1. The molecule has 10 heteroatoms. The van der Waals surface area contributed by atoms with E-state index < -0.39 is 10.0 Å². The van der Waals surface area contributed by atoms with Gasteiger partial charge in [-0.15, -0.1) is 0 Å². The Morgan fingerprint density at radius 2 is 1.83 bits per heavy atom. The van der Waals surface area contributed by atoms with Gasteiger partial charge < -0.3 is 24.6 Å². The second-order valence-corrected chi connectivity index (χ2v) is 10.3. The molecule has 0 aromatic heterocycles. The molecule has 2 saturated heterocycles. The monoisotopic (exact) mass is 433 g/mol. The summed E-state index contributed by atoms with van der Waals surface area (Å²) in [5, 5.41) is 3.52. The first-order valence-corrected chi connectivity index (χ1v) is 12.1. The largest absolute Gasteiger partial charge is 0.381 e. The van der Waals surface area contributed by atoms with E-state index in [-0.39, 0.29) is 24.0 Å². The Morgan fingerprint density at radius 1 is 1.21 bits per heavy atom. The number of piperazine rings is 1. The van der Waals surface area contributed by atoms with Crippen molar-refractivity contribution in [2.24, 2.45) is 4.99 Å². The van der Waals surface area contributed by atoms with Gasteiger partial charge in [0.25, 0.3) is 0 Å². The Morgan fingerprint density at radius 3 is 2.34 bits per heavy atom. The maximum atomic E-state index is 12.5. The summed E-state index contributed by atoms with van der Waals surface area (Å²) in [5.74, 6) is 0.865. The molecule has 2 aliphatic heterocycles. The zero-order chi connectivity index (χ0) is 21.5.